The van der Waals surface area contributed by atoms with Crippen molar-refractivity contribution in [3.63, 3.8) is 0 Å². The molecule has 15 heteroatoms. The van der Waals surface area contributed by atoms with Gasteiger partial charge in [0.2, 0.25) is 23.6 Å². The molecule has 4 amide bonds. The number of thiazole rings is 1. The summed E-state index contributed by atoms with van der Waals surface area (Å²) >= 11 is 1.51. The predicted molar refractivity (Wildman–Crippen MR) is 242 cm³/mol. The highest BCUT2D eigenvalue weighted by atomic mass is 32.1. The second-order valence-electron chi connectivity index (χ2n) is 17.3. The van der Waals surface area contributed by atoms with Gasteiger partial charge in [-0.25, -0.2) is 4.98 Å². The Kier molecular flexibility index (Phi) is 22.3. The van der Waals surface area contributed by atoms with E-state index in [2.05, 4.69) is 34.8 Å². The Morgan fingerprint density at radius 3 is 2.23 bits per heavy atom. The molecule has 344 valence electrons. The molecule has 9 atom stereocenters. The highest BCUT2D eigenvalue weighted by Gasteiger charge is 2.43. The van der Waals surface area contributed by atoms with Crippen molar-refractivity contribution >= 4 is 35.0 Å². The van der Waals surface area contributed by atoms with Gasteiger partial charge in [0, 0.05) is 52.5 Å². The summed E-state index contributed by atoms with van der Waals surface area (Å²) in [6, 6.07) is 7.67. The normalized spacial score (nSPS) is 18.3. The van der Waals surface area contributed by atoms with Gasteiger partial charge in [-0.2, -0.15) is 0 Å². The predicted octanol–water partition coefficient (Wildman–Crippen LogP) is 4.80. The van der Waals surface area contributed by atoms with Crippen LogP contribution in [0, 0.1) is 23.7 Å². The third-order valence-corrected chi connectivity index (χ3v) is 13.2. The van der Waals surface area contributed by atoms with Gasteiger partial charge in [0.05, 0.1) is 61.9 Å². The lowest BCUT2D eigenvalue weighted by molar-refractivity contribution is -0.148. The molecule has 3 rings (SSSR count). The van der Waals surface area contributed by atoms with Gasteiger partial charge in [-0.3, -0.25) is 24.1 Å². The fourth-order valence-corrected chi connectivity index (χ4v) is 9.36. The van der Waals surface area contributed by atoms with Crippen LogP contribution in [0.5, 0.6) is 0 Å². The Morgan fingerprint density at radius 1 is 0.951 bits per heavy atom. The summed E-state index contributed by atoms with van der Waals surface area (Å²) in [5, 5.41) is 12.1. The van der Waals surface area contributed by atoms with Crippen molar-refractivity contribution < 1.29 is 33.4 Å². The quantitative estimate of drug-likeness (QED) is 0.107. The van der Waals surface area contributed by atoms with Crippen molar-refractivity contribution in [2.45, 2.75) is 123 Å². The van der Waals surface area contributed by atoms with Crippen molar-refractivity contribution in [1.29, 1.82) is 0 Å². The Balaban J connectivity index is 1.76. The van der Waals surface area contributed by atoms with Gasteiger partial charge in [-0.1, -0.05) is 85.2 Å². The van der Waals surface area contributed by atoms with Gasteiger partial charge in [-0.05, 0) is 56.7 Å². The highest BCUT2D eigenvalue weighted by molar-refractivity contribution is 7.09. The number of likely N-dealkylation sites (N-methyl/N-ethyl adjacent to an activating group) is 3. The van der Waals surface area contributed by atoms with Crippen LogP contribution in [0.15, 0.2) is 41.9 Å². The monoisotopic (exact) mass is 872 g/mol. The molecule has 1 aromatic carbocycles. The molecule has 0 saturated carbocycles. The van der Waals surface area contributed by atoms with Crippen LogP contribution in [0.4, 0.5) is 0 Å². The average molecular weight is 872 g/mol. The first kappa shape index (κ1) is 51.9. The molecular formula is C46H77N7O7S. The molecule has 14 nitrogen and oxygen atoms in total. The average Bonchev–Trinajstić information content (AvgIpc) is 3.96. The summed E-state index contributed by atoms with van der Waals surface area (Å²) in [4.78, 5) is 66.9. The van der Waals surface area contributed by atoms with Crippen LogP contribution in [0.1, 0.15) is 90.8 Å². The molecule has 1 saturated heterocycles. The van der Waals surface area contributed by atoms with Gasteiger partial charge in [0.15, 0.2) is 0 Å². The van der Waals surface area contributed by atoms with Crippen LogP contribution in [0.25, 0.3) is 0 Å². The topological polar surface area (TPSA) is 155 Å². The Morgan fingerprint density at radius 2 is 1.66 bits per heavy atom. The summed E-state index contributed by atoms with van der Waals surface area (Å²) < 4.78 is 17.9. The number of amides is 4. The van der Waals surface area contributed by atoms with Crippen molar-refractivity contribution in [1.82, 2.24) is 35.6 Å². The third-order valence-electron chi connectivity index (χ3n) is 12.3. The fraction of sp³-hybridized carbons (Fsp3) is 0.717. The second-order valence-corrected chi connectivity index (χ2v) is 18.3. The lowest BCUT2D eigenvalue weighted by atomic mass is 9.89. The molecule has 0 aliphatic carbocycles. The summed E-state index contributed by atoms with van der Waals surface area (Å²) in [7, 11) is 8.72. The Hall–Kier alpha value is -3.47. The number of ether oxygens (including phenoxy) is 3. The first-order valence-corrected chi connectivity index (χ1v) is 23.1. The van der Waals surface area contributed by atoms with E-state index >= 15 is 0 Å². The summed E-state index contributed by atoms with van der Waals surface area (Å²) in [6.07, 6.45) is 3.41. The number of nitrogens with one attached hydrogen (secondary N) is 3. The van der Waals surface area contributed by atoms with E-state index in [1.54, 1.807) is 32.4 Å². The molecule has 1 fully saturated rings. The minimum Gasteiger partial charge on any atom is -0.379 e. The number of hydrogen-bond donors (Lipinski definition) is 3. The van der Waals surface area contributed by atoms with E-state index in [-0.39, 0.29) is 59.9 Å². The lowest BCUT2D eigenvalue weighted by Gasteiger charge is -2.41. The van der Waals surface area contributed by atoms with Crippen LogP contribution in [-0.4, -0.2) is 148 Å². The molecule has 2 aromatic rings. The molecule has 3 N–H and O–H groups in total. The number of benzene rings is 1. The smallest absolute Gasteiger partial charge is 0.245 e. The fourth-order valence-electron chi connectivity index (χ4n) is 8.67. The molecule has 1 aliphatic rings. The third kappa shape index (κ3) is 14.8. The van der Waals surface area contributed by atoms with E-state index in [4.69, 9.17) is 14.2 Å². The van der Waals surface area contributed by atoms with Gasteiger partial charge in [0.1, 0.15) is 11.0 Å². The van der Waals surface area contributed by atoms with Gasteiger partial charge in [-0.15, -0.1) is 11.3 Å². The van der Waals surface area contributed by atoms with E-state index < -0.39 is 36.3 Å². The first-order chi connectivity index (χ1) is 29.1. The van der Waals surface area contributed by atoms with Crippen LogP contribution < -0.4 is 16.0 Å². The number of carbonyl (C=O) groups excluding carboxylic acids is 4. The number of rotatable bonds is 27. The second kappa shape index (κ2) is 26.2. The molecule has 0 radical (unpaired) electrons. The minimum absolute atomic E-state index is 0.00993. The maximum Gasteiger partial charge on any atom is 0.245 e. The van der Waals surface area contributed by atoms with Gasteiger partial charge in [0.25, 0.3) is 0 Å². The van der Waals surface area contributed by atoms with Crippen molar-refractivity contribution in [2.24, 2.45) is 23.7 Å². The first-order valence-electron chi connectivity index (χ1n) is 22.2. The zero-order valence-corrected chi connectivity index (χ0v) is 39.8. The van der Waals surface area contributed by atoms with Crippen molar-refractivity contribution in [3.8, 4) is 0 Å². The Labute approximate surface area is 370 Å². The van der Waals surface area contributed by atoms with E-state index in [9.17, 15) is 19.2 Å². The number of hydrogen-bond acceptors (Lipinski definition) is 11. The van der Waals surface area contributed by atoms with Crippen LogP contribution in [0.3, 0.4) is 0 Å². The molecule has 1 aliphatic heterocycles. The highest BCUT2D eigenvalue weighted by Crippen LogP contribution is 2.30. The minimum atomic E-state index is -0.792. The molecule has 0 bridgehead atoms. The molecular weight excluding hydrogens is 795 g/mol. The number of carbonyl (C=O) groups is 4. The molecule has 0 spiro atoms. The van der Waals surface area contributed by atoms with E-state index in [0.29, 0.717) is 39.1 Å². The summed E-state index contributed by atoms with van der Waals surface area (Å²) in [6.45, 7) is 16.8. The van der Waals surface area contributed by atoms with E-state index in [0.717, 1.165) is 30.0 Å². The maximum absolute atomic E-state index is 14.5. The number of methoxy groups -OCH3 is 2. The standard InChI is InChI=1S/C46H77N7O7S/c1-13-32(6)41(52(10)46(57)39(30(2)3)50-44(56)40(31(4)5)51(9)24-26-60-25-21-47-8)37(58-11)29-38(54)53-23-17-20-36(53)42(59-12)33(7)43(55)49-35(45-48-22-27-61-45)28-34-18-15-14-16-19-34/h14-16,18-19,22,27,30-33,35-37,39-42,47H,13,17,20-21,23-26,28-29H2,1-12H3,(H,49,55)(H,50,56)/t32-,33+,35-,36-,37+,39-,40-,41-,42+/m0/s1. The van der Waals surface area contributed by atoms with Crippen LogP contribution >= 0.6 is 11.3 Å². The van der Waals surface area contributed by atoms with E-state index in [1.165, 1.54) is 11.3 Å². The van der Waals surface area contributed by atoms with Gasteiger partial charge >= 0.3 is 0 Å². The molecule has 0 unspecified atom stereocenters. The van der Waals surface area contributed by atoms with E-state index in [1.807, 2.05) is 94.2 Å². The number of aromatic nitrogens is 1. The molecule has 61 heavy (non-hydrogen) atoms. The number of nitrogens with zero attached hydrogens (tertiary/aromatic N) is 4. The lowest BCUT2D eigenvalue weighted by Crippen LogP contribution is -2.60. The molecule has 2 heterocycles. The van der Waals surface area contributed by atoms with Crippen LogP contribution in [-0.2, 0) is 39.8 Å². The summed E-state index contributed by atoms with van der Waals surface area (Å²) in [5.41, 5.74) is 1.09. The van der Waals surface area contributed by atoms with Crippen molar-refractivity contribution in [2.75, 3.05) is 68.2 Å². The summed E-state index contributed by atoms with van der Waals surface area (Å²) in [5.74, 6) is -1.53. The van der Waals surface area contributed by atoms with Crippen LogP contribution in [0.2, 0.25) is 0 Å². The SMILES string of the molecule is CC[C@H](C)[C@@H]([C@@H](CC(=O)N1CCC[C@H]1[C@H](OC)[C@@H](C)C(=O)N[C@@H](Cc1ccccc1)c1nccs1)OC)N(C)C(=O)[C@@H](NC(=O)[C@H](C(C)C)N(C)CCOCCNC)C(C)C. The molecule has 1 aromatic heterocycles. The number of likely N-dealkylation sites (tertiary alicyclic amines) is 1. The van der Waals surface area contributed by atoms with Crippen molar-refractivity contribution in [3.05, 3.63) is 52.5 Å². The zero-order valence-electron chi connectivity index (χ0n) is 39.0. The Bertz CT molecular complexity index is 1600. The zero-order chi connectivity index (χ0) is 45.2. The largest absolute Gasteiger partial charge is 0.379 e. The maximum atomic E-state index is 14.5. The van der Waals surface area contributed by atoms with Gasteiger partial charge < -0.3 is 40.0 Å².